The zero-order valence-corrected chi connectivity index (χ0v) is 22.3. The Morgan fingerprint density at radius 3 is 1.09 bits per heavy atom. The summed E-state index contributed by atoms with van der Waals surface area (Å²) in [7, 11) is 0. The van der Waals surface area contributed by atoms with Crippen molar-refractivity contribution in [2.75, 3.05) is 0 Å². The van der Waals surface area contributed by atoms with Crippen LogP contribution in [0.4, 0.5) is 0 Å². The van der Waals surface area contributed by atoms with Crippen LogP contribution in [0.3, 0.4) is 0 Å². The highest BCUT2D eigenvalue weighted by atomic mass is 16.0. The van der Waals surface area contributed by atoms with Gasteiger partial charge >= 0.3 is 0 Å². The minimum absolute atomic E-state index is 0. The smallest absolute Gasteiger partial charge is 0 e. The third kappa shape index (κ3) is 10.0. The summed E-state index contributed by atoms with van der Waals surface area (Å²) in [6.07, 6.45) is 27.4. The predicted octanol–water partition coefficient (Wildman–Crippen LogP) is 8.90. The highest BCUT2D eigenvalue weighted by Crippen LogP contribution is 2.41. The Balaban J connectivity index is 0. The zero-order chi connectivity index (χ0) is 21.3. The van der Waals surface area contributed by atoms with Gasteiger partial charge in [0.05, 0.1) is 0 Å². The second kappa shape index (κ2) is 15.8. The Labute approximate surface area is 204 Å². The molecule has 4 aliphatic rings. The van der Waals surface area contributed by atoms with E-state index in [0.717, 1.165) is 47.3 Å². The minimum atomic E-state index is 0. The summed E-state index contributed by atoms with van der Waals surface area (Å²) in [5.74, 6) is 8.47. The molecule has 2 atom stereocenters. The lowest BCUT2D eigenvalue weighted by Gasteiger charge is -2.37. The molecule has 4 N–H and O–H groups in total. The molecule has 0 spiro atoms. The zero-order valence-electron chi connectivity index (χ0n) is 22.3. The van der Waals surface area contributed by atoms with Gasteiger partial charge in [0.1, 0.15) is 0 Å². The molecular formula is C30H64O2. The largest absolute Gasteiger partial charge is 0.412 e. The molecule has 0 amide bonds. The van der Waals surface area contributed by atoms with E-state index in [9.17, 15) is 0 Å². The second-order valence-corrected chi connectivity index (χ2v) is 12.8. The first-order chi connectivity index (χ1) is 14.5. The fourth-order valence-electron chi connectivity index (χ4n) is 7.64. The van der Waals surface area contributed by atoms with E-state index in [0.29, 0.717) is 0 Å². The summed E-state index contributed by atoms with van der Waals surface area (Å²) in [4.78, 5) is 0. The van der Waals surface area contributed by atoms with Gasteiger partial charge in [-0.2, -0.15) is 0 Å². The van der Waals surface area contributed by atoms with Gasteiger partial charge in [0.25, 0.3) is 0 Å². The summed E-state index contributed by atoms with van der Waals surface area (Å²) >= 11 is 0. The molecule has 0 saturated heterocycles. The number of rotatable bonds is 2. The molecule has 4 rings (SSSR count). The molecule has 2 heteroatoms. The average Bonchev–Trinajstić information content (AvgIpc) is 2.72. The fraction of sp³-hybridized carbons (Fsp3) is 1.00. The van der Waals surface area contributed by atoms with Crippen molar-refractivity contribution in [3.05, 3.63) is 0 Å². The Kier molecular flexibility index (Phi) is 14.7. The maximum absolute atomic E-state index is 2.46. The Morgan fingerprint density at radius 1 is 0.344 bits per heavy atom. The van der Waals surface area contributed by atoms with Gasteiger partial charge in [0, 0.05) is 2.85 Å². The van der Waals surface area contributed by atoms with E-state index in [1.807, 2.05) is 0 Å². The first-order valence-electron chi connectivity index (χ1n) is 14.5. The van der Waals surface area contributed by atoms with Crippen molar-refractivity contribution in [1.82, 2.24) is 0 Å². The second-order valence-electron chi connectivity index (χ2n) is 12.8. The van der Waals surface area contributed by atoms with E-state index in [1.165, 1.54) is 64.2 Å². The van der Waals surface area contributed by atoms with Crippen LogP contribution < -0.4 is 0 Å². The van der Waals surface area contributed by atoms with Crippen LogP contribution in [0.15, 0.2) is 0 Å². The molecule has 0 aromatic carbocycles. The average molecular weight is 457 g/mol. The van der Waals surface area contributed by atoms with Crippen molar-refractivity contribution >= 4 is 0 Å². The molecule has 0 aromatic heterocycles. The Bertz CT molecular complexity index is 449. The molecular weight excluding hydrogens is 392 g/mol. The van der Waals surface area contributed by atoms with Crippen LogP contribution in [-0.4, -0.2) is 11.0 Å². The normalized spacial score (nSPS) is 40.9. The van der Waals surface area contributed by atoms with Gasteiger partial charge in [-0.1, -0.05) is 111 Å². The first kappa shape index (κ1) is 30.0. The van der Waals surface area contributed by atoms with E-state index in [1.54, 1.807) is 51.4 Å². The van der Waals surface area contributed by atoms with Crippen molar-refractivity contribution in [1.29, 1.82) is 0 Å². The van der Waals surface area contributed by atoms with Crippen LogP contribution in [0.1, 0.15) is 146 Å². The molecule has 2 unspecified atom stereocenters. The summed E-state index contributed by atoms with van der Waals surface area (Å²) in [6, 6.07) is 0. The molecule has 2 nitrogen and oxygen atoms in total. The van der Waals surface area contributed by atoms with E-state index in [2.05, 4.69) is 27.7 Å². The van der Waals surface area contributed by atoms with Gasteiger partial charge in [-0.05, 0) is 79.4 Å². The van der Waals surface area contributed by atoms with E-state index in [-0.39, 0.29) is 13.8 Å². The highest BCUT2D eigenvalue weighted by molar-refractivity contribution is 4.81. The summed E-state index contributed by atoms with van der Waals surface area (Å²) in [5, 5.41) is 0. The molecule has 0 radical (unpaired) electrons. The third-order valence-electron chi connectivity index (χ3n) is 9.97. The molecule has 0 bridgehead atoms. The van der Waals surface area contributed by atoms with Crippen molar-refractivity contribution in [2.45, 2.75) is 143 Å². The van der Waals surface area contributed by atoms with Crippen LogP contribution in [0.5, 0.6) is 0 Å². The third-order valence-corrected chi connectivity index (χ3v) is 9.97. The topological polar surface area (TPSA) is 63.0 Å². The van der Waals surface area contributed by atoms with Gasteiger partial charge in [0.2, 0.25) is 0 Å². The van der Waals surface area contributed by atoms with Crippen LogP contribution in [0, 0.1) is 47.3 Å². The number of hydrogen-bond acceptors (Lipinski definition) is 0. The quantitative estimate of drug-likeness (QED) is 0.398. The monoisotopic (exact) mass is 456 g/mol. The molecule has 32 heavy (non-hydrogen) atoms. The van der Waals surface area contributed by atoms with Gasteiger partial charge in [-0.25, -0.2) is 0 Å². The van der Waals surface area contributed by atoms with Crippen LogP contribution in [0.2, 0.25) is 0 Å². The van der Waals surface area contributed by atoms with E-state index in [4.69, 9.17) is 0 Å². The van der Waals surface area contributed by atoms with E-state index >= 15 is 0 Å². The van der Waals surface area contributed by atoms with Crippen LogP contribution in [0.25, 0.3) is 0 Å². The molecule has 4 fully saturated rings. The van der Waals surface area contributed by atoms with Gasteiger partial charge in [-0.15, -0.1) is 0 Å². The molecule has 0 aliphatic heterocycles. The van der Waals surface area contributed by atoms with E-state index < -0.39 is 0 Å². The molecule has 0 heterocycles. The maximum atomic E-state index is 2.46. The lowest BCUT2D eigenvalue weighted by molar-refractivity contribution is 0.149. The first-order valence-corrected chi connectivity index (χ1v) is 14.5. The molecule has 0 aromatic rings. The van der Waals surface area contributed by atoms with Crippen molar-refractivity contribution in [3.63, 3.8) is 0 Å². The summed E-state index contributed by atoms with van der Waals surface area (Å²) in [5.41, 5.74) is 0. The lowest BCUT2D eigenvalue weighted by atomic mass is 9.69. The molecule has 196 valence electrons. The van der Waals surface area contributed by atoms with Crippen molar-refractivity contribution < 1.29 is 13.8 Å². The predicted molar refractivity (Wildman–Crippen MR) is 145 cm³/mol. The van der Waals surface area contributed by atoms with Gasteiger partial charge in [-0.3, -0.25) is 0 Å². The van der Waals surface area contributed by atoms with Crippen LogP contribution in [-0.2, 0) is 0 Å². The van der Waals surface area contributed by atoms with Crippen molar-refractivity contribution in [2.24, 2.45) is 47.3 Å². The summed E-state index contributed by atoms with van der Waals surface area (Å²) < 4.78 is 0. The molecule has 4 saturated carbocycles. The van der Waals surface area contributed by atoms with Gasteiger partial charge in [0.15, 0.2) is 0 Å². The molecule has 4 aliphatic carbocycles. The summed E-state index contributed by atoms with van der Waals surface area (Å²) in [6.45, 7) is 9.77. The maximum Gasteiger partial charge on any atom is 0 e. The SMILES string of the molecule is CC1CCC(C2CCCC(C)C2)CC1.CC1CCCC(C2CCC(C)CC2)CCC1.O.O.[HH].[HH]. The van der Waals surface area contributed by atoms with Crippen molar-refractivity contribution in [3.8, 4) is 0 Å². The lowest BCUT2D eigenvalue weighted by Crippen LogP contribution is -2.25. The minimum Gasteiger partial charge on any atom is -0.412 e. The number of hydrogen-bond donors (Lipinski definition) is 0. The van der Waals surface area contributed by atoms with Crippen LogP contribution >= 0.6 is 0 Å². The standard InChI is InChI=1S/C16H30.C14H26.2H2O.2H2/c1-13-5-3-7-15(8-4-6-13)16-11-9-14(2)10-12-16;1-11-6-8-13(9-7-11)14-5-3-4-12(2)10-14;;;;/h13-16H,3-12H2,1-2H3;11-14H,3-10H2,1-2H3;2*1H2;2*1H. The van der Waals surface area contributed by atoms with Gasteiger partial charge < -0.3 is 11.0 Å². The Hall–Kier alpha value is -0.0800. The Morgan fingerprint density at radius 2 is 0.656 bits per heavy atom. The highest BCUT2D eigenvalue weighted by Gasteiger charge is 2.29. The fourth-order valence-corrected chi connectivity index (χ4v) is 7.64.